The van der Waals surface area contributed by atoms with Crippen LogP contribution in [-0.4, -0.2) is 31.1 Å². The van der Waals surface area contributed by atoms with Crippen molar-refractivity contribution in [3.63, 3.8) is 0 Å². The van der Waals surface area contributed by atoms with Crippen molar-refractivity contribution in [2.24, 2.45) is 0 Å². The summed E-state index contributed by atoms with van der Waals surface area (Å²) in [6.45, 7) is 8.92. The van der Waals surface area contributed by atoms with Crippen molar-refractivity contribution >= 4 is 0 Å². The van der Waals surface area contributed by atoms with Gasteiger partial charge in [0.1, 0.15) is 0 Å². The molecule has 1 rings (SSSR count). The molecule has 0 fully saturated rings. The summed E-state index contributed by atoms with van der Waals surface area (Å²) in [5, 5.41) is 3.61. The van der Waals surface area contributed by atoms with E-state index < -0.39 is 0 Å². The molecule has 0 saturated heterocycles. The second kappa shape index (κ2) is 8.28. The van der Waals surface area contributed by atoms with Crippen LogP contribution in [0.1, 0.15) is 45.2 Å². The molecule has 0 amide bonds. The summed E-state index contributed by atoms with van der Waals surface area (Å²) in [6, 6.07) is 11.7. The van der Waals surface area contributed by atoms with Crippen molar-refractivity contribution in [3.8, 4) is 0 Å². The van der Waals surface area contributed by atoms with Crippen LogP contribution in [0.15, 0.2) is 30.3 Å². The van der Waals surface area contributed by atoms with Gasteiger partial charge < -0.3 is 10.2 Å². The van der Waals surface area contributed by atoms with E-state index in [9.17, 15) is 0 Å². The Hall–Kier alpha value is -0.860. The van der Waals surface area contributed by atoms with Gasteiger partial charge in [-0.1, -0.05) is 50.6 Å². The Labute approximate surface area is 112 Å². The minimum absolute atomic E-state index is 0.415. The fourth-order valence-electron chi connectivity index (χ4n) is 2.31. The van der Waals surface area contributed by atoms with Crippen LogP contribution in [0.4, 0.5) is 0 Å². The van der Waals surface area contributed by atoms with Gasteiger partial charge in [0.25, 0.3) is 0 Å². The van der Waals surface area contributed by atoms with Crippen LogP contribution in [0, 0.1) is 0 Å². The van der Waals surface area contributed by atoms with Crippen LogP contribution in [0.3, 0.4) is 0 Å². The summed E-state index contributed by atoms with van der Waals surface area (Å²) in [4.78, 5) is 2.46. The Kier molecular flexibility index (Phi) is 6.99. The lowest BCUT2D eigenvalue weighted by Crippen LogP contribution is -2.41. The molecule has 1 aromatic carbocycles. The van der Waals surface area contributed by atoms with E-state index in [1.807, 2.05) is 0 Å². The van der Waals surface area contributed by atoms with E-state index in [0.717, 1.165) is 6.54 Å². The lowest BCUT2D eigenvalue weighted by molar-refractivity contribution is 0.205. The van der Waals surface area contributed by atoms with Gasteiger partial charge in [-0.2, -0.15) is 0 Å². The van der Waals surface area contributed by atoms with E-state index in [1.165, 1.54) is 24.9 Å². The SMILES string of the molecule is CCCCN(C)C(C)C(NCC)c1ccccc1. The topological polar surface area (TPSA) is 15.3 Å². The molecular weight excluding hydrogens is 220 g/mol. The molecule has 0 bridgehead atoms. The number of rotatable bonds is 8. The third-order valence-electron chi connectivity index (χ3n) is 3.62. The molecule has 0 aliphatic rings. The van der Waals surface area contributed by atoms with Gasteiger partial charge in [-0.15, -0.1) is 0 Å². The third-order valence-corrected chi connectivity index (χ3v) is 3.62. The Balaban J connectivity index is 2.72. The number of likely N-dealkylation sites (N-methyl/N-ethyl adjacent to an activating group) is 2. The highest BCUT2D eigenvalue weighted by Gasteiger charge is 2.21. The van der Waals surface area contributed by atoms with Gasteiger partial charge >= 0.3 is 0 Å². The van der Waals surface area contributed by atoms with Crippen molar-refractivity contribution in [2.45, 2.75) is 45.7 Å². The first kappa shape index (κ1) is 15.2. The molecule has 18 heavy (non-hydrogen) atoms. The molecular formula is C16H28N2. The molecule has 0 aliphatic heterocycles. The predicted octanol–water partition coefficient (Wildman–Crippen LogP) is 3.46. The molecule has 0 spiro atoms. The Morgan fingerprint density at radius 1 is 1.17 bits per heavy atom. The Morgan fingerprint density at radius 2 is 1.83 bits per heavy atom. The zero-order valence-corrected chi connectivity index (χ0v) is 12.3. The van der Waals surface area contributed by atoms with Crippen molar-refractivity contribution in [3.05, 3.63) is 35.9 Å². The summed E-state index contributed by atoms with van der Waals surface area (Å²) >= 11 is 0. The average molecular weight is 248 g/mol. The number of hydrogen-bond donors (Lipinski definition) is 1. The zero-order valence-electron chi connectivity index (χ0n) is 12.3. The molecule has 2 heteroatoms. The van der Waals surface area contributed by atoms with Gasteiger partial charge in [-0.05, 0) is 39.0 Å². The molecule has 102 valence electrons. The van der Waals surface area contributed by atoms with Crippen LogP contribution in [-0.2, 0) is 0 Å². The molecule has 0 radical (unpaired) electrons. The van der Waals surface area contributed by atoms with E-state index >= 15 is 0 Å². The lowest BCUT2D eigenvalue weighted by atomic mass is 9.99. The van der Waals surface area contributed by atoms with E-state index in [1.54, 1.807) is 0 Å². The predicted molar refractivity (Wildman–Crippen MR) is 79.9 cm³/mol. The van der Waals surface area contributed by atoms with E-state index in [-0.39, 0.29) is 0 Å². The highest BCUT2D eigenvalue weighted by atomic mass is 15.2. The normalized spacial score (nSPS) is 14.7. The molecule has 1 aromatic rings. The summed E-state index contributed by atoms with van der Waals surface area (Å²) < 4.78 is 0. The van der Waals surface area contributed by atoms with Crippen LogP contribution in [0.5, 0.6) is 0 Å². The fourth-order valence-corrected chi connectivity index (χ4v) is 2.31. The van der Waals surface area contributed by atoms with Crippen molar-refractivity contribution in [1.82, 2.24) is 10.2 Å². The first-order valence-corrected chi connectivity index (χ1v) is 7.19. The summed E-state index contributed by atoms with van der Waals surface area (Å²) in [6.07, 6.45) is 2.53. The van der Waals surface area contributed by atoms with Crippen LogP contribution < -0.4 is 5.32 Å². The highest BCUT2D eigenvalue weighted by molar-refractivity contribution is 5.20. The number of nitrogens with one attached hydrogen (secondary N) is 1. The van der Waals surface area contributed by atoms with Crippen molar-refractivity contribution in [1.29, 1.82) is 0 Å². The number of benzene rings is 1. The molecule has 2 unspecified atom stereocenters. The maximum atomic E-state index is 3.61. The Bertz CT molecular complexity index is 310. The maximum Gasteiger partial charge on any atom is 0.0475 e. The minimum Gasteiger partial charge on any atom is -0.309 e. The molecule has 0 aliphatic carbocycles. The van der Waals surface area contributed by atoms with Crippen molar-refractivity contribution < 1.29 is 0 Å². The Morgan fingerprint density at radius 3 is 2.39 bits per heavy atom. The van der Waals surface area contributed by atoms with Crippen molar-refractivity contribution in [2.75, 3.05) is 20.1 Å². The molecule has 0 saturated carbocycles. The molecule has 1 N–H and O–H groups in total. The second-order valence-corrected chi connectivity index (χ2v) is 5.02. The monoisotopic (exact) mass is 248 g/mol. The quantitative estimate of drug-likeness (QED) is 0.758. The van der Waals surface area contributed by atoms with Gasteiger partial charge in [0.2, 0.25) is 0 Å². The fraction of sp³-hybridized carbons (Fsp3) is 0.625. The van der Waals surface area contributed by atoms with Crippen LogP contribution in [0.2, 0.25) is 0 Å². The largest absolute Gasteiger partial charge is 0.309 e. The summed E-state index contributed by atoms with van der Waals surface area (Å²) in [7, 11) is 2.23. The molecule has 0 heterocycles. The van der Waals surface area contributed by atoms with Gasteiger partial charge in [0.05, 0.1) is 0 Å². The van der Waals surface area contributed by atoms with Crippen LogP contribution >= 0.6 is 0 Å². The highest BCUT2D eigenvalue weighted by Crippen LogP contribution is 2.20. The van der Waals surface area contributed by atoms with Gasteiger partial charge in [-0.3, -0.25) is 0 Å². The molecule has 0 aromatic heterocycles. The average Bonchev–Trinajstić information content (AvgIpc) is 2.42. The lowest BCUT2D eigenvalue weighted by Gasteiger charge is -2.33. The van der Waals surface area contributed by atoms with Crippen LogP contribution in [0.25, 0.3) is 0 Å². The zero-order chi connectivity index (χ0) is 13.4. The van der Waals surface area contributed by atoms with E-state index in [0.29, 0.717) is 12.1 Å². The summed E-state index contributed by atoms with van der Waals surface area (Å²) in [5.74, 6) is 0. The number of hydrogen-bond acceptors (Lipinski definition) is 2. The van der Waals surface area contributed by atoms with E-state index in [2.05, 4.69) is 68.4 Å². The van der Waals surface area contributed by atoms with E-state index in [4.69, 9.17) is 0 Å². The molecule has 2 atom stereocenters. The second-order valence-electron chi connectivity index (χ2n) is 5.02. The van der Waals surface area contributed by atoms with Gasteiger partial charge in [0, 0.05) is 12.1 Å². The molecule has 2 nitrogen and oxygen atoms in total. The first-order chi connectivity index (χ1) is 8.70. The minimum atomic E-state index is 0.415. The smallest absolute Gasteiger partial charge is 0.0475 e. The van der Waals surface area contributed by atoms with Gasteiger partial charge in [-0.25, -0.2) is 0 Å². The summed E-state index contributed by atoms with van der Waals surface area (Å²) in [5.41, 5.74) is 1.38. The first-order valence-electron chi connectivity index (χ1n) is 7.19. The standard InChI is InChI=1S/C16H28N2/c1-5-7-13-18(4)14(3)16(17-6-2)15-11-9-8-10-12-15/h8-12,14,16-17H,5-7,13H2,1-4H3. The number of nitrogens with zero attached hydrogens (tertiary/aromatic N) is 1. The van der Waals surface area contributed by atoms with Gasteiger partial charge in [0.15, 0.2) is 0 Å². The number of unbranched alkanes of at least 4 members (excludes halogenated alkanes) is 1. The maximum absolute atomic E-state index is 3.61. The third kappa shape index (κ3) is 4.43.